The molecule has 1 saturated heterocycles. The number of nitrogens with two attached hydrogens (primary N) is 1. The SMILES string of the molecule is Cn1ncc2c(=O)n(CC(N)C3CCOC3)nnc21. The highest BCUT2D eigenvalue weighted by atomic mass is 16.5. The molecule has 1 fully saturated rings. The zero-order chi connectivity index (χ0) is 13.4. The van der Waals surface area contributed by atoms with Gasteiger partial charge in [-0.05, 0) is 6.42 Å². The zero-order valence-electron chi connectivity index (χ0n) is 10.7. The molecule has 0 radical (unpaired) electrons. The lowest BCUT2D eigenvalue weighted by atomic mass is 10.0. The van der Waals surface area contributed by atoms with E-state index >= 15 is 0 Å². The summed E-state index contributed by atoms with van der Waals surface area (Å²) in [7, 11) is 1.72. The summed E-state index contributed by atoms with van der Waals surface area (Å²) in [6, 6.07) is -0.149. The quantitative estimate of drug-likeness (QED) is 0.754. The third kappa shape index (κ3) is 2.13. The number of ether oxygens (including phenoxy) is 1. The molecule has 0 spiro atoms. The van der Waals surface area contributed by atoms with E-state index in [1.165, 1.54) is 15.6 Å². The van der Waals surface area contributed by atoms with Gasteiger partial charge in [0.15, 0.2) is 5.65 Å². The highest BCUT2D eigenvalue weighted by Gasteiger charge is 2.24. The Morgan fingerprint density at radius 2 is 2.47 bits per heavy atom. The molecule has 1 aliphatic rings. The lowest BCUT2D eigenvalue weighted by molar-refractivity contribution is 0.178. The van der Waals surface area contributed by atoms with Crippen LogP contribution >= 0.6 is 0 Å². The standard InChI is InChI=1S/C11H16N6O2/c1-16-10-8(4-13-16)11(18)17(15-14-10)5-9(12)7-2-3-19-6-7/h4,7,9H,2-3,5-6,12H2,1H3. The van der Waals surface area contributed by atoms with Crippen LogP contribution in [-0.2, 0) is 18.3 Å². The number of nitrogens with zero attached hydrogens (tertiary/aromatic N) is 5. The van der Waals surface area contributed by atoms with Gasteiger partial charge < -0.3 is 10.5 Å². The summed E-state index contributed by atoms with van der Waals surface area (Å²) in [5.74, 6) is 0.276. The second-order valence-electron chi connectivity index (χ2n) is 4.87. The molecule has 0 bridgehead atoms. The fourth-order valence-corrected chi connectivity index (χ4v) is 2.34. The van der Waals surface area contributed by atoms with E-state index in [2.05, 4.69) is 15.4 Å². The second-order valence-corrected chi connectivity index (χ2v) is 4.87. The molecule has 0 aliphatic carbocycles. The Bertz CT molecular complexity index is 642. The number of fused-ring (bicyclic) bond motifs is 1. The van der Waals surface area contributed by atoms with Crippen LogP contribution in [0.5, 0.6) is 0 Å². The molecule has 2 unspecified atom stereocenters. The maximum Gasteiger partial charge on any atom is 0.280 e. The molecule has 3 heterocycles. The minimum Gasteiger partial charge on any atom is -0.381 e. The predicted molar refractivity (Wildman–Crippen MR) is 67.5 cm³/mol. The average Bonchev–Trinajstić information content (AvgIpc) is 3.03. The lowest BCUT2D eigenvalue weighted by Gasteiger charge is -2.17. The summed E-state index contributed by atoms with van der Waals surface area (Å²) >= 11 is 0. The fourth-order valence-electron chi connectivity index (χ4n) is 2.34. The summed E-state index contributed by atoms with van der Waals surface area (Å²) in [6.45, 7) is 1.74. The molecule has 1 aliphatic heterocycles. The van der Waals surface area contributed by atoms with Crippen molar-refractivity contribution in [1.29, 1.82) is 0 Å². The van der Waals surface area contributed by atoms with E-state index in [9.17, 15) is 4.79 Å². The first-order valence-corrected chi connectivity index (χ1v) is 6.25. The largest absolute Gasteiger partial charge is 0.381 e. The number of rotatable bonds is 3. The van der Waals surface area contributed by atoms with Gasteiger partial charge in [0, 0.05) is 25.6 Å². The van der Waals surface area contributed by atoms with Gasteiger partial charge in [-0.3, -0.25) is 4.79 Å². The van der Waals surface area contributed by atoms with Crippen molar-refractivity contribution >= 4 is 11.0 Å². The van der Waals surface area contributed by atoms with Crippen LogP contribution in [0.1, 0.15) is 6.42 Å². The zero-order valence-corrected chi connectivity index (χ0v) is 10.7. The molecule has 102 valence electrons. The number of aromatic nitrogens is 5. The molecule has 19 heavy (non-hydrogen) atoms. The molecular formula is C11H16N6O2. The molecule has 2 aromatic rings. The number of aryl methyl sites for hydroxylation is 1. The maximum atomic E-state index is 12.2. The van der Waals surface area contributed by atoms with Crippen LogP contribution in [0.15, 0.2) is 11.0 Å². The van der Waals surface area contributed by atoms with Crippen LogP contribution in [0.4, 0.5) is 0 Å². The Balaban J connectivity index is 1.88. The van der Waals surface area contributed by atoms with Gasteiger partial charge in [-0.15, -0.1) is 5.10 Å². The molecule has 0 amide bonds. The first-order chi connectivity index (χ1) is 9.16. The van der Waals surface area contributed by atoms with E-state index in [4.69, 9.17) is 10.5 Å². The van der Waals surface area contributed by atoms with Crippen LogP contribution in [-0.4, -0.2) is 44.0 Å². The summed E-state index contributed by atoms with van der Waals surface area (Å²) in [4.78, 5) is 12.2. The predicted octanol–water partition coefficient (Wildman–Crippen LogP) is -1.11. The van der Waals surface area contributed by atoms with Crippen molar-refractivity contribution in [2.75, 3.05) is 13.2 Å². The molecule has 8 heteroatoms. The lowest BCUT2D eigenvalue weighted by Crippen LogP contribution is -2.39. The maximum absolute atomic E-state index is 12.2. The van der Waals surface area contributed by atoms with Crippen molar-refractivity contribution in [2.24, 2.45) is 18.7 Å². The molecule has 2 aromatic heterocycles. The van der Waals surface area contributed by atoms with Crippen LogP contribution in [0.3, 0.4) is 0 Å². The van der Waals surface area contributed by atoms with E-state index < -0.39 is 0 Å². The van der Waals surface area contributed by atoms with Gasteiger partial charge in [0.05, 0.1) is 19.3 Å². The van der Waals surface area contributed by atoms with Crippen molar-refractivity contribution in [3.63, 3.8) is 0 Å². The molecule has 0 aromatic carbocycles. The summed E-state index contributed by atoms with van der Waals surface area (Å²) < 4.78 is 8.14. The van der Waals surface area contributed by atoms with Gasteiger partial charge in [0.1, 0.15) is 5.39 Å². The summed E-state index contributed by atoms with van der Waals surface area (Å²) in [5, 5.41) is 12.4. The number of hydrogen-bond acceptors (Lipinski definition) is 6. The third-order valence-corrected chi connectivity index (χ3v) is 3.57. The first-order valence-electron chi connectivity index (χ1n) is 6.25. The normalized spacial score (nSPS) is 21.1. The van der Waals surface area contributed by atoms with E-state index in [-0.39, 0.29) is 17.5 Å². The second kappa shape index (κ2) is 4.71. The first kappa shape index (κ1) is 12.2. The molecule has 8 nitrogen and oxygen atoms in total. The highest BCUT2D eigenvalue weighted by molar-refractivity contribution is 5.72. The monoisotopic (exact) mass is 264 g/mol. The van der Waals surface area contributed by atoms with Crippen molar-refractivity contribution in [3.8, 4) is 0 Å². The third-order valence-electron chi connectivity index (χ3n) is 3.57. The Kier molecular flexibility index (Phi) is 3.03. The van der Waals surface area contributed by atoms with Gasteiger partial charge in [0.2, 0.25) is 0 Å². The minimum atomic E-state index is -0.201. The summed E-state index contributed by atoms with van der Waals surface area (Å²) in [6.07, 6.45) is 2.44. The van der Waals surface area contributed by atoms with Crippen molar-refractivity contribution in [2.45, 2.75) is 19.0 Å². The van der Waals surface area contributed by atoms with Crippen molar-refractivity contribution < 1.29 is 4.74 Å². The number of hydrogen-bond donors (Lipinski definition) is 1. The Hall–Kier alpha value is -1.80. The van der Waals surface area contributed by atoms with E-state index in [1.807, 2.05) is 0 Å². The topological polar surface area (TPSA) is 101 Å². The van der Waals surface area contributed by atoms with Gasteiger partial charge in [0.25, 0.3) is 5.56 Å². The van der Waals surface area contributed by atoms with Gasteiger partial charge >= 0.3 is 0 Å². The highest BCUT2D eigenvalue weighted by Crippen LogP contribution is 2.16. The van der Waals surface area contributed by atoms with E-state index in [0.717, 1.165) is 13.0 Å². The molecule has 2 atom stereocenters. The Labute approximate surface area is 109 Å². The van der Waals surface area contributed by atoms with Gasteiger partial charge in [-0.2, -0.15) is 5.10 Å². The molecule has 0 saturated carbocycles. The fraction of sp³-hybridized carbons (Fsp3) is 0.636. The Morgan fingerprint density at radius 1 is 1.63 bits per heavy atom. The minimum absolute atomic E-state index is 0.149. The molecular weight excluding hydrogens is 248 g/mol. The van der Waals surface area contributed by atoms with Gasteiger partial charge in [-0.25, -0.2) is 9.36 Å². The van der Waals surface area contributed by atoms with Crippen LogP contribution < -0.4 is 11.3 Å². The van der Waals surface area contributed by atoms with Crippen LogP contribution in [0.25, 0.3) is 11.0 Å². The Morgan fingerprint density at radius 3 is 3.21 bits per heavy atom. The van der Waals surface area contributed by atoms with Crippen molar-refractivity contribution in [1.82, 2.24) is 24.8 Å². The van der Waals surface area contributed by atoms with E-state index in [1.54, 1.807) is 7.05 Å². The van der Waals surface area contributed by atoms with Crippen LogP contribution in [0, 0.1) is 5.92 Å². The van der Waals surface area contributed by atoms with Gasteiger partial charge in [-0.1, -0.05) is 5.21 Å². The van der Waals surface area contributed by atoms with Crippen molar-refractivity contribution in [3.05, 3.63) is 16.6 Å². The smallest absolute Gasteiger partial charge is 0.280 e. The molecule has 3 rings (SSSR count). The molecule has 2 N–H and O–H groups in total. The van der Waals surface area contributed by atoms with Crippen LogP contribution in [0.2, 0.25) is 0 Å². The summed E-state index contributed by atoms with van der Waals surface area (Å²) in [5.41, 5.74) is 6.38. The average molecular weight is 264 g/mol. The van der Waals surface area contributed by atoms with E-state index in [0.29, 0.717) is 24.2 Å².